The van der Waals surface area contributed by atoms with Crippen LogP contribution in [0.1, 0.15) is 32.3 Å². The van der Waals surface area contributed by atoms with Gasteiger partial charge in [0.2, 0.25) is 0 Å². The molecule has 1 aromatic carbocycles. The molecule has 0 fully saturated rings. The summed E-state index contributed by atoms with van der Waals surface area (Å²) in [7, 11) is 2.07. The molecule has 3 nitrogen and oxygen atoms in total. The van der Waals surface area contributed by atoms with E-state index in [0.717, 1.165) is 5.75 Å². The van der Waals surface area contributed by atoms with E-state index in [9.17, 15) is 0 Å². The molecule has 18 heavy (non-hydrogen) atoms. The fourth-order valence-electron chi connectivity index (χ4n) is 2.27. The first kappa shape index (κ1) is 13.0. The van der Waals surface area contributed by atoms with E-state index in [2.05, 4.69) is 36.9 Å². The highest BCUT2D eigenvalue weighted by molar-refractivity contribution is 5.86. The average molecular weight is 246 g/mol. The maximum absolute atomic E-state index is 5.78. The van der Waals surface area contributed by atoms with Gasteiger partial charge in [-0.25, -0.2) is 0 Å². The number of nitrogens with zero attached hydrogens (tertiary/aromatic N) is 1. The summed E-state index contributed by atoms with van der Waals surface area (Å²) in [5.41, 5.74) is 8.30. The van der Waals surface area contributed by atoms with E-state index in [1.807, 2.05) is 19.9 Å². The van der Waals surface area contributed by atoms with Gasteiger partial charge in [0, 0.05) is 24.1 Å². The van der Waals surface area contributed by atoms with Gasteiger partial charge in [0.05, 0.1) is 6.10 Å². The Labute approximate surface area is 109 Å². The summed E-state index contributed by atoms with van der Waals surface area (Å²) in [6.07, 6.45) is 2.36. The van der Waals surface area contributed by atoms with Gasteiger partial charge < -0.3 is 15.0 Å². The van der Waals surface area contributed by atoms with Crippen LogP contribution in [0.2, 0.25) is 0 Å². The van der Waals surface area contributed by atoms with E-state index in [1.54, 1.807) is 0 Å². The summed E-state index contributed by atoms with van der Waals surface area (Å²) in [6.45, 7) is 6.90. The smallest absolute Gasteiger partial charge is 0.120 e. The fraction of sp³-hybridized carbons (Fsp3) is 0.467. The summed E-state index contributed by atoms with van der Waals surface area (Å²) >= 11 is 0. The summed E-state index contributed by atoms with van der Waals surface area (Å²) in [5, 5.41) is 1.24. The van der Waals surface area contributed by atoms with Crippen molar-refractivity contribution in [3.63, 3.8) is 0 Å². The molecule has 1 atom stereocenters. The highest BCUT2D eigenvalue weighted by atomic mass is 16.5. The highest BCUT2D eigenvalue weighted by Crippen LogP contribution is 2.30. The Morgan fingerprint density at radius 1 is 1.28 bits per heavy atom. The maximum atomic E-state index is 5.78. The van der Waals surface area contributed by atoms with Gasteiger partial charge in [-0.1, -0.05) is 6.92 Å². The number of nitrogens with two attached hydrogens (primary N) is 1. The standard InChI is InChI=1S/C15H22N2O/c1-10(2)18-12-5-6-15-13(7-12)14(9-17(15)4)11(3)8-16/h5-7,9-11H,8,16H2,1-4H3. The first-order valence-electron chi connectivity index (χ1n) is 6.48. The van der Waals surface area contributed by atoms with Crippen LogP contribution in [-0.2, 0) is 7.05 Å². The Morgan fingerprint density at radius 3 is 2.61 bits per heavy atom. The molecule has 0 aliphatic heterocycles. The van der Waals surface area contributed by atoms with E-state index >= 15 is 0 Å². The van der Waals surface area contributed by atoms with Crippen molar-refractivity contribution in [1.29, 1.82) is 0 Å². The average Bonchev–Trinajstić information content (AvgIpc) is 2.65. The number of aromatic nitrogens is 1. The Kier molecular flexibility index (Phi) is 3.62. The molecule has 1 heterocycles. The third kappa shape index (κ3) is 2.36. The number of ether oxygens (including phenoxy) is 1. The Morgan fingerprint density at radius 2 is 2.00 bits per heavy atom. The number of aryl methyl sites for hydroxylation is 1. The lowest BCUT2D eigenvalue weighted by molar-refractivity contribution is 0.243. The molecule has 2 rings (SSSR count). The SMILES string of the molecule is CC(C)Oc1ccc2c(c1)c(C(C)CN)cn2C. The second kappa shape index (κ2) is 5.02. The lowest BCUT2D eigenvalue weighted by atomic mass is 10.0. The number of rotatable bonds is 4. The van der Waals surface area contributed by atoms with Crippen LogP contribution in [0.15, 0.2) is 24.4 Å². The largest absolute Gasteiger partial charge is 0.491 e. The van der Waals surface area contributed by atoms with Crippen molar-refractivity contribution < 1.29 is 4.74 Å². The summed E-state index contributed by atoms with van der Waals surface area (Å²) < 4.78 is 7.91. The lowest BCUT2D eigenvalue weighted by Gasteiger charge is -2.11. The van der Waals surface area contributed by atoms with Crippen molar-refractivity contribution in [1.82, 2.24) is 4.57 Å². The number of hydrogen-bond donors (Lipinski definition) is 1. The molecule has 0 bridgehead atoms. The van der Waals surface area contributed by atoms with E-state index in [-0.39, 0.29) is 6.10 Å². The van der Waals surface area contributed by atoms with Crippen LogP contribution in [0.5, 0.6) is 5.75 Å². The van der Waals surface area contributed by atoms with Crippen LogP contribution in [0, 0.1) is 0 Å². The molecule has 0 spiro atoms. The molecule has 0 aliphatic rings. The number of hydrogen-bond acceptors (Lipinski definition) is 2. The molecular formula is C15H22N2O. The minimum Gasteiger partial charge on any atom is -0.491 e. The highest BCUT2D eigenvalue weighted by Gasteiger charge is 2.13. The second-order valence-corrected chi connectivity index (χ2v) is 5.18. The number of benzene rings is 1. The molecule has 1 aromatic heterocycles. The van der Waals surface area contributed by atoms with Gasteiger partial charge in [-0.05, 0) is 50.1 Å². The molecule has 0 amide bonds. The zero-order valence-corrected chi connectivity index (χ0v) is 11.6. The van der Waals surface area contributed by atoms with Gasteiger partial charge in [0.25, 0.3) is 0 Å². The van der Waals surface area contributed by atoms with Gasteiger partial charge >= 0.3 is 0 Å². The monoisotopic (exact) mass is 246 g/mol. The third-order valence-electron chi connectivity index (χ3n) is 3.25. The van der Waals surface area contributed by atoms with Gasteiger partial charge in [-0.3, -0.25) is 0 Å². The molecular weight excluding hydrogens is 224 g/mol. The molecule has 98 valence electrons. The van der Waals surface area contributed by atoms with Crippen molar-refractivity contribution in [2.24, 2.45) is 12.8 Å². The summed E-state index contributed by atoms with van der Waals surface area (Å²) in [5.74, 6) is 1.29. The van der Waals surface area contributed by atoms with Crippen LogP contribution in [-0.4, -0.2) is 17.2 Å². The van der Waals surface area contributed by atoms with Crippen LogP contribution in [0.3, 0.4) is 0 Å². The van der Waals surface area contributed by atoms with Crippen LogP contribution < -0.4 is 10.5 Å². The van der Waals surface area contributed by atoms with Crippen LogP contribution in [0.4, 0.5) is 0 Å². The Balaban J connectivity index is 2.52. The Hall–Kier alpha value is -1.48. The normalized spacial score (nSPS) is 13.2. The van der Waals surface area contributed by atoms with Crippen molar-refractivity contribution >= 4 is 10.9 Å². The predicted molar refractivity (Wildman–Crippen MR) is 76.2 cm³/mol. The van der Waals surface area contributed by atoms with E-state index in [4.69, 9.17) is 10.5 Å². The predicted octanol–water partition coefficient (Wildman–Crippen LogP) is 3.03. The minimum atomic E-state index is 0.196. The molecule has 3 heteroatoms. The summed E-state index contributed by atoms with van der Waals surface area (Å²) in [6, 6.07) is 6.26. The topological polar surface area (TPSA) is 40.2 Å². The minimum absolute atomic E-state index is 0.196. The molecule has 1 unspecified atom stereocenters. The maximum Gasteiger partial charge on any atom is 0.120 e. The molecule has 2 aromatic rings. The Bertz CT molecular complexity index is 543. The first-order valence-corrected chi connectivity index (χ1v) is 6.48. The molecule has 0 aliphatic carbocycles. The van der Waals surface area contributed by atoms with Crippen LogP contribution in [0.25, 0.3) is 10.9 Å². The second-order valence-electron chi connectivity index (χ2n) is 5.18. The van der Waals surface area contributed by atoms with E-state index in [1.165, 1.54) is 16.5 Å². The third-order valence-corrected chi connectivity index (χ3v) is 3.25. The van der Waals surface area contributed by atoms with Crippen LogP contribution >= 0.6 is 0 Å². The van der Waals surface area contributed by atoms with Gasteiger partial charge in [-0.15, -0.1) is 0 Å². The molecule has 0 saturated heterocycles. The molecule has 2 N–H and O–H groups in total. The van der Waals surface area contributed by atoms with E-state index in [0.29, 0.717) is 12.5 Å². The molecule has 0 saturated carbocycles. The lowest BCUT2D eigenvalue weighted by Crippen LogP contribution is -2.08. The van der Waals surface area contributed by atoms with Crippen molar-refractivity contribution in [3.05, 3.63) is 30.0 Å². The van der Waals surface area contributed by atoms with Gasteiger partial charge in [0.15, 0.2) is 0 Å². The quantitative estimate of drug-likeness (QED) is 0.900. The fourth-order valence-corrected chi connectivity index (χ4v) is 2.27. The van der Waals surface area contributed by atoms with Gasteiger partial charge in [0.1, 0.15) is 5.75 Å². The first-order chi connectivity index (χ1) is 8.52. The zero-order chi connectivity index (χ0) is 13.3. The van der Waals surface area contributed by atoms with Crippen molar-refractivity contribution in [2.45, 2.75) is 32.8 Å². The number of fused-ring (bicyclic) bond motifs is 1. The van der Waals surface area contributed by atoms with E-state index < -0.39 is 0 Å². The molecule has 0 radical (unpaired) electrons. The van der Waals surface area contributed by atoms with Crippen molar-refractivity contribution in [3.8, 4) is 5.75 Å². The summed E-state index contributed by atoms with van der Waals surface area (Å²) in [4.78, 5) is 0. The van der Waals surface area contributed by atoms with Gasteiger partial charge in [-0.2, -0.15) is 0 Å². The van der Waals surface area contributed by atoms with Crippen molar-refractivity contribution in [2.75, 3.05) is 6.54 Å². The zero-order valence-electron chi connectivity index (χ0n) is 11.6.